The van der Waals surface area contributed by atoms with Crippen molar-refractivity contribution in [3.8, 4) is 0 Å². The topological polar surface area (TPSA) is 75.5 Å². The smallest absolute Gasteiger partial charge is 0.274 e. The lowest BCUT2D eigenvalue weighted by Crippen LogP contribution is -2.49. The van der Waals surface area contributed by atoms with Gasteiger partial charge in [0.2, 0.25) is 5.91 Å². The first kappa shape index (κ1) is 16.3. The largest absolute Gasteiger partial charge is 0.341 e. The molecule has 2 fully saturated rings. The monoisotopic (exact) mass is 344 g/mol. The van der Waals surface area contributed by atoms with Crippen molar-refractivity contribution in [3.63, 3.8) is 0 Å². The normalized spacial score (nSPS) is 23.9. The molecule has 0 radical (unpaired) electrons. The maximum absolute atomic E-state index is 13.0. The molecule has 1 aromatic heterocycles. The van der Waals surface area contributed by atoms with Crippen LogP contribution in [0.5, 0.6) is 0 Å². The zero-order chi connectivity index (χ0) is 17.4. The van der Waals surface area contributed by atoms with Crippen LogP contribution in [0.4, 0.5) is 0 Å². The van der Waals surface area contributed by atoms with Crippen LogP contribution in [0.1, 0.15) is 65.9 Å². The highest BCUT2D eigenvalue weighted by Crippen LogP contribution is 2.23. The number of Topliss-reactive ketones (excluding diaryl/α,β-unsaturated/α-hetero) is 1. The standard InChI is InChI=1S/C18H24N4O3/c23-16-6-3-10-22-15(16)11-14(19-22)18(25)21-9-2-1-5-13(21)12-20-8-4-7-17(20)24/h11,13H,1-10,12H2. The number of likely N-dealkylation sites (tertiary alicyclic amines) is 2. The van der Waals surface area contributed by atoms with Crippen molar-refractivity contribution >= 4 is 17.6 Å². The third-order valence-corrected chi connectivity index (χ3v) is 5.55. The van der Waals surface area contributed by atoms with E-state index in [9.17, 15) is 14.4 Å². The summed E-state index contributed by atoms with van der Waals surface area (Å²) in [7, 11) is 0. The van der Waals surface area contributed by atoms with Gasteiger partial charge in [-0.25, -0.2) is 0 Å². The number of amides is 2. The van der Waals surface area contributed by atoms with Crippen molar-refractivity contribution < 1.29 is 14.4 Å². The van der Waals surface area contributed by atoms with Gasteiger partial charge in [-0.3, -0.25) is 19.1 Å². The Bertz CT molecular complexity index is 711. The molecule has 4 heterocycles. The molecule has 0 saturated carbocycles. The van der Waals surface area contributed by atoms with Gasteiger partial charge in [-0.1, -0.05) is 0 Å². The average Bonchev–Trinajstić information content (AvgIpc) is 3.22. The number of aromatic nitrogens is 2. The number of piperidine rings is 1. The van der Waals surface area contributed by atoms with E-state index in [1.54, 1.807) is 10.7 Å². The van der Waals surface area contributed by atoms with Crippen LogP contribution in [0.2, 0.25) is 0 Å². The molecule has 0 aliphatic carbocycles. The lowest BCUT2D eigenvalue weighted by atomic mass is 10.0. The molecule has 0 aromatic carbocycles. The van der Waals surface area contributed by atoms with Crippen molar-refractivity contribution in [2.24, 2.45) is 0 Å². The predicted octanol–water partition coefficient (Wildman–Crippen LogP) is 1.48. The van der Waals surface area contributed by atoms with Crippen LogP contribution < -0.4 is 0 Å². The molecule has 1 aromatic rings. The molecule has 3 aliphatic rings. The first-order chi connectivity index (χ1) is 12.1. The van der Waals surface area contributed by atoms with Gasteiger partial charge in [0, 0.05) is 51.1 Å². The minimum Gasteiger partial charge on any atom is -0.341 e. The summed E-state index contributed by atoms with van der Waals surface area (Å²) in [6, 6.07) is 1.70. The summed E-state index contributed by atoms with van der Waals surface area (Å²) < 4.78 is 1.67. The number of hydrogen-bond donors (Lipinski definition) is 0. The molecule has 4 rings (SSSR count). The number of hydrogen-bond acceptors (Lipinski definition) is 4. The lowest BCUT2D eigenvalue weighted by Gasteiger charge is -2.37. The Hall–Kier alpha value is -2.18. The fraction of sp³-hybridized carbons (Fsp3) is 0.667. The van der Waals surface area contributed by atoms with E-state index in [4.69, 9.17) is 0 Å². The van der Waals surface area contributed by atoms with Crippen molar-refractivity contribution in [1.82, 2.24) is 19.6 Å². The number of ketones is 1. The van der Waals surface area contributed by atoms with Crippen molar-refractivity contribution in [2.75, 3.05) is 19.6 Å². The van der Waals surface area contributed by atoms with Crippen LogP contribution in [0.25, 0.3) is 0 Å². The summed E-state index contributed by atoms with van der Waals surface area (Å²) in [6.45, 7) is 2.81. The van der Waals surface area contributed by atoms with E-state index in [0.717, 1.165) is 38.6 Å². The minimum absolute atomic E-state index is 0.0535. The fourth-order valence-electron chi connectivity index (χ4n) is 4.19. The van der Waals surface area contributed by atoms with E-state index in [2.05, 4.69) is 5.10 Å². The number of rotatable bonds is 3. The molecular formula is C18H24N4O3. The molecule has 7 nitrogen and oxygen atoms in total. The molecule has 2 saturated heterocycles. The van der Waals surface area contributed by atoms with Gasteiger partial charge in [0.1, 0.15) is 5.69 Å². The van der Waals surface area contributed by atoms with Crippen LogP contribution in [-0.4, -0.2) is 62.9 Å². The maximum atomic E-state index is 13.0. The van der Waals surface area contributed by atoms with Crippen molar-refractivity contribution in [2.45, 2.75) is 57.5 Å². The zero-order valence-electron chi connectivity index (χ0n) is 14.4. The van der Waals surface area contributed by atoms with E-state index < -0.39 is 0 Å². The molecule has 0 spiro atoms. The van der Waals surface area contributed by atoms with E-state index in [-0.39, 0.29) is 23.6 Å². The van der Waals surface area contributed by atoms with Crippen molar-refractivity contribution in [3.05, 3.63) is 17.5 Å². The summed E-state index contributed by atoms with van der Waals surface area (Å²) in [4.78, 5) is 40.7. The van der Waals surface area contributed by atoms with Crippen LogP contribution in [0.15, 0.2) is 6.07 Å². The van der Waals surface area contributed by atoms with Gasteiger partial charge in [-0.05, 0) is 32.1 Å². The third kappa shape index (κ3) is 3.07. The van der Waals surface area contributed by atoms with Crippen LogP contribution in [-0.2, 0) is 11.3 Å². The van der Waals surface area contributed by atoms with Crippen molar-refractivity contribution in [1.29, 1.82) is 0 Å². The molecule has 134 valence electrons. The Labute approximate surface area is 146 Å². The van der Waals surface area contributed by atoms with E-state index in [1.807, 2.05) is 9.80 Å². The maximum Gasteiger partial charge on any atom is 0.274 e. The summed E-state index contributed by atoms with van der Waals surface area (Å²) in [5.41, 5.74) is 0.919. The molecule has 25 heavy (non-hydrogen) atoms. The Morgan fingerprint density at radius 3 is 2.68 bits per heavy atom. The van der Waals surface area contributed by atoms with Gasteiger partial charge >= 0.3 is 0 Å². The second-order valence-electron chi connectivity index (χ2n) is 7.26. The van der Waals surface area contributed by atoms with E-state index >= 15 is 0 Å². The highest BCUT2D eigenvalue weighted by Gasteiger charge is 2.33. The zero-order valence-corrected chi connectivity index (χ0v) is 14.4. The van der Waals surface area contributed by atoms with Gasteiger partial charge in [0.05, 0.1) is 0 Å². The van der Waals surface area contributed by atoms with Crippen LogP contribution in [0.3, 0.4) is 0 Å². The second-order valence-corrected chi connectivity index (χ2v) is 7.26. The summed E-state index contributed by atoms with van der Waals surface area (Å²) in [5, 5.41) is 4.38. The van der Waals surface area contributed by atoms with E-state index in [0.29, 0.717) is 43.9 Å². The number of nitrogens with zero attached hydrogens (tertiary/aromatic N) is 4. The van der Waals surface area contributed by atoms with E-state index in [1.165, 1.54) is 0 Å². The Kier molecular flexibility index (Phi) is 4.31. The van der Waals surface area contributed by atoms with Crippen LogP contribution >= 0.6 is 0 Å². The first-order valence-electron chi connectivity index (χ1n) is 9.33. The number of aryl methyl sites for hydroxylation is 1. The molecule has 1 atom stereocenters. The molecule has 1 unspecified atom stereocenters. The van der Waals surface area contributed by atoms with Gasteiger partial charge < -0.3 is 9.80 Å². The van der Waals surface area contributed by atoms with Gasteiger partial charge in [0.25, 0.3) is 5.91 Å². The number of carbonyl (C=O) groups excluding carboxylic acids is 3. The Balaban J connectivity index is 1.52. The summed E-state index contributed by atoms with van der Waals surface area (Å²) >= 11 is 0. The fourth-order valence-corrected chi connectivity index (χ4v) is 4.19. The Morgan fingerprint density at radius 2 is 1.92 bits per heavy atom. The molecule has 2 amide bonds. The molecule has 0 N–H and O–H groups in total. The molecule has 3 aliphatic heterocycles. The number of fused-ring (bicyclic) bond motifs is 1. The predicted molar refractivity (Wildman–Crippen MR) is 90.3 cm³/mol. The molecule has 7 heteroatoms. The quantitative estimate of drug-likeness (QED) is 0.832. The molecule has 0 bridgehead atoms. The lowest BCUT2D eigenvalue weighted by molar-refractivity contribution is -0.128. The molecular weight excluding hydrogens is 320 g/mol. The highest BCUT2D eigenvalue weighted by molar-refractivity contribution is 5.99. The Morgan fingerprint density at radius 1 is 1.08 bits per heavy atom. The second kappa shape index (κ2) is 6.61. The average molecular weight is 344 g/mol. The van der Waals surface area contributed by atoms with Gasteiger partial charge in [-0.2, -0.15) is 5.10 Å². The highest BCUT2D eigenvalue weighted by atomic mass is 16.2. The first-order valence-corrected chi connectivity index (χ1v) is 9.33. The minimum atomic E-state index is -0.106. The van der Waals surface area contributed by atoms with Crippen LogP contribution in [0, 0.1) is 0 Å². The summed E-state index contributed by atoms with van der Waals surface area (Å²) in [6.07, 6.45) is 5.82. The van der Waals surface area contributed by atoms with Gasteiger partial charge in [0.15, 0.2) is 11.5 Å². The number of carbonyl (C=O) groups is 3. The SMILES string of the molecule is O=C1CCCn2nc(C(=O)N3CCCCC3CN3CCCC3=O)cc21. The summed E-state index contributed by atoms with van der Waals surface area (Å²) in [5.74, 6) is 0.155. The van der Waals surface area contributed by atoms with Gasteiger partial charge in [-0.15, -0.1) is 0 Å². The third-order valence-electron chi connectivity index (χ3n) is 5.55.